The number of aliphatic hydroxyl groups is 1. The monoisotopic (exact) mass is 218 g/mol. The minimum absolute atomic E-state index is 0.257. The molecule has 0 aliphatic rings. The summed E-state index contributed by atoms with van der Waals surface area (Å²) in [5, 5.41) is 10.5. The van der Waals surface area contributed by atoms with Gasteiger partial charge >= 0.3 is 0 Å². The van der Waals surface area contributed by atoms with Crippen LogP contribution in [0.2, 0.25) is 0 Å². The molecule has 0 radical (unpaired) electrons. The molecule has 0 saturated heterocycles. The van der Waals surface area contributed by atoms with E-state index >= 15 is 0 Å². The Kier molecular flexibility index (Phi) is 3.01. The van der Waals surface area contributed by atoms with Crippen molar-refractivity contribution in [2.24, 2.45) is 0 Å². The highest BCUT2D eigenvalue weighted by Gasteiger charge is 2.13. The van der Waals surface area contributed by atoms with Crippen molar-refractivity contribution in [1.82, 2.24) is 0 Å². The first-order valence-electron chi connectivity index (χ1n) is 5.74. The highest BCUT2D eigenvalue weighted by molar-refractivity contribution is 5.78. The Labute approximate surface area is 95.9 Å². The normalized spacial score (nSPS) is 15.2. The summed E-state index contributed by atoms with van der Waals surface area (Å²) in [7, 11) is 0. The van der Waals surface area contributed by atoms with Gasteiger partial charge in [0.1, 0.15) is 11.3 Å². The average molecular weight is 218 g/mol. The van der Waals surface area contributed by atoms with Crippen LogP contribution in [0.5, 0.6) is 0 Å². The van der Waals surface area contributed by atoms with Crippen LogP contribution in [-0.4, -0.2) is 11.2 Å². The van der Waals surface area contributed by atoms with E-state index in [2.05, 4.69) is 32.0 Å². The standard InChI is InChI=1S/C14H18O2/c1-9-4-5-13-12(6-9)8-14(16-13)10(2)7-11(3)15/h4-6,8,10-11,15H,7H2,1-3H3. The van der Waals surface area contributed by atoms with Gasteiger partial charge in [0, 0.05) is 11.3 Å². The molecule has 0 amide bonds. The van der Waals surface area contributed by atoms with Crippen molar-refractivity contribution in [3.8, 4) is 0 Å². The van der Waals surface area contributed by atoms with Gasteiger partial charge in [0.2, 0.25) is 0 Å². The summed E-state index contributed by atoms with van der Waals surface area (Å²) >= 11 is 0. The molecule has 2 atom stereocenters. The quantitative estimate of drug-likeness (QED) is 0.853. The van der Waals surface area contributed by atoms with Crippen LogP contribution in [0.4, 0.5) is 0 Å². The predicted molar refractivity (Wildman–Crippen MR) is 65.7 cm³/mol. The predicted octanol–water partition coefficient (Wildman–Crippen LogP) is 3.62. The molecule has 2 rings (SSSR count). The molecule has 86 valence electrons. The molecule has 2 nitrogen and oxygen atoms in total. The summed E-state index contributed by atoms with van der Waals surface area (Å²) in [6.45, 7) is 5.96. The van der Waals surface area contributed by atoms with Crippen LogP contribution < -0.4 is 0 Å². The van der Waals surface area contributed by atoms with Gasteiger partial charge in [-0.05, 0) is 38.5 Å². The zero-order valence-corrected chi connectivity index (χ0v) is 10.0. The molecule has 0 saturated carbocycles. The maximum absolute atomic E-state index is 9.36. The lowest BCUT2D eigenvalue weighted by Gasteiger charge is -2.09. The molecule has 0 fully saturated rings. The summed E-state index contributed by atoms with van der Waals surface area (Å²) in [6, 6.07) is 8.25. The van der Waals surface area contributed by atoms with Gasteiger partial charge in [-0.3, -0.25) is 0 Å². The number of hydrogen-bond donors (Lipinski definition) is 1. The second-order valence-corrected chi connectivity index (χ2v) is 4.68. The third kappa shape index (κ3) is 2.27. The number of rotatable bonds is 3. The van der Waals surface area contributed by atoms with Crippen molar-refractivity contribution in [1.29, 1.82) is 0 Å². The zero-order chi connectivity index (χ0) is 11.7. The zero-order valence-electron chi connectivity index (χ0n) is 10.0. The van der Waals surface area contributed by atoms with Crippen LogP contribution in [0.15, 0.2) is 28.7 Å². The van der Waals surface area contributed by atoms with Crippen molar-refractivity contribution >= 4 is 11.0 Å². The van der Waals surface area contributed by atoms with Gasteiger partial charge in [0.05, 0.1) is 6.10 Å². The molecule has 0 aliphatic carbocycles. The molecule has 1 heterocycles. The fraction of sp³-hybridized carbons (Fsp3) is 0.429. The van der Waals surface area contributed by atoms with Gasteiger partial charge in [-0.25, -0.2) is 0 Å². The van der Waals surface area contributed by atoms with Crippen LogP contribution in [0.25, 0.3) is 11.0 Å². The molecule has 1 aromatic heterocycles. The second-order valence-electron chi connectivity index (χ2n) is 4.68. The molecule has 0 bridgehead atoms. The van der Waals surface area contributed by atoms with Gasteiger partial charge in [0.15, 0.2) is 0 Å². The Hall–Kier alpha value is -1.28. The van der Waals surface area contributed by atoms with Gasteiger partial charge in [-0.1, -0.05) is 18.6 Å². The Morgan fingerprint density at radius 2 is 2.00 bits per heavy atom. The van der Waals surface area contributed by atoms with Crippen LogP contribution in [0, 0.1) is 6.92 Å². The van der Waals surface area contributed by atoms with Crippen molar-refractivity contribution in [2.45, 2.75) is 39.2 Å². The summed E-state index contributed by atoms with van der Waals surface area (Å²) in [5.41, 5.74) is 2.17. The Bertz CT molecular complexity index is 482. The van der Waals surface area contributed by atoms with Crippen molar-refractivity contribution in [2.75, 3.05) is 0 Å². The molecule has 2 unspecified atom stereocenters. The molecule has 2 heteroatoms. The van der Waals surface area contributed by atoms with E-state index in [1.807, 2.05) is 13.0 Å². The van der Waals surface area contributed by atoms with Gasteiger partial charge in [-0.15, -0.1) is 0 Å². The smallest absolute Gasteiger partial charge is 0.134 e. The van der Waals surface area contributed by atoms with E-state index in [0.29, 0.717) is 0 Å². The maximum atomic E-state index is 9.36. The summed E-state index contributed by atoms with van der Waals surface area (Å²) in [5.74, 6) is 1.22. The Balaban J connectivity index is 2.32. The fourth-order valence-corrected chi connectivity index (χ4v) is 2.05. The fourth-order valence-electron chi connectivity index (χ4n) is 2.05. The number of aryl methyl sites for hydroxylation is 1. The maximum Gasteiger partial charge on any atom is 0.134 e. The second kappa shape index (κ2) is 4.30. The third-order valence-electron chi connectivity index (χ3n) is 2.87. The van der Waals surface area contributed by atoms with E-state index in [1.165, 1.54) is 5.56 Å². The van der Waals surface area contributed by atoms with E-state index in [-0.39, 0.29) is 12.0 Å². The highest BCUT2D eigenvalue weighted by atomic mass is 16.3. The Morgan fingerprint density at radius 3 is 2.69 bits per heavy atom. The van der Waals surface area contributed by atoms with Crippen molar-refractivity contribution in [3.05, 3.63) is 35.6 Å². The number of aliphatic hydroxyl groups excluding tert-OH is 1. The molecule has 1 N–H and O–H groups in total. The molecule has 0 spiro atoms. The van der Waals surface area contributed by atoms with Crippen molar-refractivity contribution < 1.29 is 9.52 Å². The average Bonchev–Trinajstić information content (AvgIpc) is 2.59. The first-order valence-corrected chi connectivity index (χ1v) is 5.74. The number of benzene rings is 1. The van der Waals surface area contributed by atoms with Gasteiger partial charge in [-0.2, -0.15) is 0 Å². The molecule has 1 aromatic carbocycles. The number of fused-ring (bicyclic) bond motifs is 1. The molecular formula is C14H18O2. The molecule has 16 heavy (non-hydrogen) atoms. The van der Waals surface area contributed by atoms with Crippen molar-refractivity contribution in [3.63, 3.8) is 0 Å². The topological polar surface area (TPSA) is 33.4 Å². The summed E-state index contributed by atoms with van der Waals surface area (Å²) in [6.07, 6.45) is 0.448. The van der Waals surface area contributed by atoms with Crippen LogP contribution in [0.1, 0.15) is 37.5 Å². The SMILES string of the molecule is Cc1ccc2oc(C(C)CC(C)O)cc2c1. The largest absolute Gasteiger partial charge is 0.461 e. The number of hydrogen-bond acceptors (Lipinski definition) is 2. The van der Waals surface area contributed by atoms with E-state index in [1.54, 1.807) is 0 Å². The molecular weight excluding hydrogens is 200 g/mol. The van der Waals surface area contributed by atoms with Crippen LogP contribution in [0.3, 0.4) is 0 Å². The molecule has 2 aromatic rings. The molecule has 0 aliphatic heterocycles. The highest BCUT2D eigenvalue weighted by Crippen LogP contribution is 2.28. The van der Waals surface area contributed by atoms with E-state index in [0.717, 1.165) is 23.2 Å². The lowest BCUT2D eigenvalue weighted by atomic mass is 10.0. The minimum Gasteiger partial charge on any atom is -0.461 e. The van der Waals surface area contributed by atoms with Gasteiger partial charge < -0.3 is 9.52 Å². The van der Waals surface area contributed by atoms with Crippen LogP contribution in [-0.2, 0) is 0 Å². The lowest BCUT2D eigenvalue weighted by molar-refractivity contribution is 0.173. The first-order chi connectivity index (χ1) is 7.56. The summed E-state index contributed by atoms with van der Waals surface area (Å²) in [4.78, 5) is 0. The van der Waals surface area contributed by atoms with E-state index in [9.17, 15) is 5.11 Å². The lowest BCUT2D eigenvalue weighted by Crippen LogP contribution is -2.04. The van der Waals surface area contributed by atoms with E-state index in [4.69, 9.17) is 4.42 Å². The van der Waals surface area contributed by atoms with Gasteiger partial charge in [0.25, 0.3) is 0 Å². The Morgan fingerprint density at radius 1 is 1.25 bits per heavy atom. The minimum atomic E-state index is -0.287. The van der Waals surface area contributed by atoms with E-state index < -0.39 is 0 Å². The first kappa shape index (κ1) is 11.2. The number of furan rings is 1. The summed E-state index contributed by atoms with van der Waals surface area (Å²) < 4.78 is 5.77. The third-order valence-corrected chi connectivity index (χ3v) is 2.87. The van der Waals surface area contributed by atoms with Crippen LogP contribution >= 0.6 is 0 Å².